The van der Waals surface area contributed by atoms with E-state index in [1.54, 1.807) is 0 Å². The minimum absolute atomic E-state index is 1.16. The van der Waals surface area contributed by atoms with E-state index >= 15 is 0 Å². The van der Waals surface area contributed by atoms with Crippen molar-refractivity contribution in [3.05, 3.63) is 60.2 Å². The SMILES string of the molecule is Cc1ccc(-c2[c]cccc2)cc1. The number of rotatable bonds is 1. The van der Waals surface area contributed by atoms with Gasteiger partial charge in [0.05, 0.1) is 0 Å². The number of hydrogen-bond acceptors (Lipinski definition) is 0. The fourth-order valence-electron chi connectivity index (χ4n) is 1.31. The zero-order valence-corrected chi connectivity index (χ0v) is 7.62. The van der Waals surface area contributed by atoms with Gasteiger partial charge in [-0.3, -0.25) is 0 Å². The van der Waals surface area contributed by atoms with E-state index in [-0.39, 0.29) is 0 Å². The molecule has 0 aliphatic carbocycles. The lowest BCUT2D eigenvalue weighted by molar-refractivity contribution is 1.47. The third-order valence-electron chi connectivity index (χ3n) is 2.07. The van der Waals surface area contributed by atoms with Crippen LogP contribution in [0.15, 0.2) is 48.5 Å². The number of aryl methyl sites for hydroxylation is 1. The van der Waals surface area contributed by atoms with Crippen LogP contribution in [0, 0.1) is 13.0 Å². The van der Waals surface area contributed by atoms with Crippen molar-refractivity contribution in [2.45, 2.75) is 6.92 Å². The molecule has 0 bridgehead atoms. The summed E-state index contributed by atoms with van der Waals surface area (Å²) in [7, 11) is 0. The number of hydrogen-bond donors (Lipinski definition) is 0. The van der Waals surface area contributed by atoms with Gasteiger partial charge < -0.3 is 0 Å². The van der Waals surface area contributed by atoms with Crippen LogP contribution in [0.4, 0.5) is 0 Å². The van der Waals surface area contributed by atoms with Crippen LogP contribution in [-0.4, -0.2) is 0 Å². The molecule has 0 aliphatic heterocycles. The first-order chi connectivity index (χ1) is 6.36. The van der Waals surface area contributed by atoms with Crippen molar-refractivity contribution in [2.75, 3.05) is 0 Å². The van der Waals surface area contributed by atoms with E-state index in [1.807, 2.05) is 18.2 Å². The van der Waals surface area contributed by atoms with E-state index in [0.717, 1.165) is 5.56 Å². The highest BCUT2D eigenvalue weighted by molar-refractivity contribution is 5.62. The molecule has 0 N–H and O–H groups in total. The smallest absolute Gasteiger partial charge is 0.00992 e. The quantitative estimate of drug-likeness (QED) is 0.610. The van der Waals surface area contributed by atoms with E-state index in [1.165, 1.54) is 11.1 Å². The average Bonchev–Trinajstić information content (AvgIpc) is 2.20. The highest BCUT2D eigenvalue weighted by atomic mass is 14.0. The number of benzene rings is 2. The molecule has 0 aromatic heterocycles. The van der Waals surface area contributed by atoms with E-state index in [9.17, 15) is 0 Å². The summed E-state index contributed by atoms with van der Waals surface area (Å²) in [6.07, 6.45) is 0. The normalized spacial score (nSPS) is 9.92. The highest BCUT2D eigenvalue weighted by Crippen LogP contribution is 2.18. The second-order valence-electron chi connectivity index (χ2n) is 3.14. The largest absolute Gasteiger partial charge is 0.0616 e. The van der Waals surface area contributed by atoms with Crippen LogP contribution in [0.1, 0.15) is 5.56 Å². The molecule has 0 spiro atoms. The second-order valence-corrected chi connectivity index (χ2v) is 3.14. The molecule has 2 aromatic carbocycles. The van der Waals surface area contributed by atoms with E-state index in [4.69, 9.17) is 0 Å². The Labute approximate surface area is 78.9 Å². The zero-order chi connectivity index (χ0) is 9.10. The molecule has 0 heteroatoms. The summed E-state index contributed by atoms with van der Waals surface area (Å²) in [5, 5.41) is 0. The Morgan fingerprint density at radius 1 is 0.923 bits per heavy atom. The van der Waals surface area contributed by atoms with Crippen LogP contribution in [0.3, 0.4) is 0 Å². The van der Waals surface area contributed by atoms with Crippen LogP contribution in [0.25, 0.3) is 11.1 Å². The predicted octanol–water partition coefficient (Wildman–Crippen LogP) is 3.46. The van der Waals surface area contributed by atoms with Crippen LogP contribution in [0.5, 0.6) is 0 Å². The van der Waals surface area contributed by atoms with Gasteiger partial charge in [0.15, 0.2) is 0 Å². The molecule has 13 heavy (non-hydrogen) atoms. The Hall–Kier alpha value is -1.56. The van der Waals surface area contributed by atoms with Gasteiger partial charge in [0, 0.05) is 0 Å². The van der Waals surface area contributed by atoms with Gasteiger partial charge in [0.1, 0.15) is 0 Å². The fraction of sp³-hybridized carbons (Fsp3) is 0.0769. The Kier molecular flexibility index (Phi) is 2.13. The van der Waals surface area contributed by atoms with Crippen molar-refractivity contribution < 1.29 is 0 Å². The van der Waals surface area contributed by atoms with Gasteiger partial charge >= 0.3 is 0 Å². The van der Waals surface area contributed by atoms with E-state index < -0.39 is 0 Å². The molecule has 0 atom stereocenters. The summed E-state index contributed by atoms with van der Waals surface area (Å²) in [5.41, 5.74) is 3.67. The average molecular weight is 167 g/mol. The van der Waals surface area contributed by atoms with Gasteiger partial charge in [-0.15, -0.1) is 0 Å². The Bertz CT molecular complexity index is 371. The lowest BCUT2D eigenvalue weighted by Gasteiger charge is -2.00. The maximum Gasteiger partial charge on any atom is -0.00992 e. The molecular formula is C13H11. The lowest BCUT2D eigenvalue weighted by Crippen LogP contribution is -1.77. The second kappa shape index (κ2) is 3.44. The third-order valence-corrected chi connectivity index (χ3v) is 2.07. The molecule has 0 aliphatic rings. The third kappa shape index (κ3) is 1.78. The minimum Gasteiger partial charge on any atom is -0.0616 e. The molecule has 0 amide bonds. The molecule has 2 rings (SSSR count). The summed E-state index contributed by atoms with van der Waals surface area (Å²) in [4.78, 5) is 0. The topological polar surface area (TPSA) is 0 Å². The zero-order valence-electron chi connectivity index (χ0n) is 7.62. The van der Waals surface area contributed by atoms with Crippen LogP contribution < -0.4 is 0 Å². The monoisotopic (exact) mass is 167 g/mol. The fourth-order valence-corrected chi connectivity index (χ4v) is 1.31. The first kappa shape index (κ1) is 8.06. The van der Waals surface area contributed by atoms with Gasteiger partial charge in [-0.05, 0) is 24.1 Å². The summed E-state index contributed by atoms with van der Waals surface area (Å²) in [5.74, 6) is 0. The molecule has 0 fully saturated rings. The molecular weight excluding hydrogens is 156 g/mol. The Morgan fingerprint density at radius 3 is 2.31 bits per heavy atom. The lowest BCUT2D eigenvalue weighted by atomic mass is 10.0. The summed E-state index contributed by atoms with van der Waals surface area (Å²) in [6, 6.07) is 19.7. The van der Waals surface area contributed by atoms with Gasteiger partial charge in [0.25, 0.3) is 0 Å². The summed E-state index contributed by atoms with van der Waals surface area (Å²) < 4.78 is 0. The molecule has 0 heterocycles. The molecule has 1 radical (unpaired) electrons. The van der Waals surface area contributed by atoms with Crippen molar-refractivity contribution in [1.29, 1.82) is 0 Å². The van der Waals surface area contributed by atoms with Gasteiger partial charge in [-0.1, -0.05) is 54.1 Å². The Balaban J connectivity index is 2.42. The van der Waals surface area contributed by atoms with E-state index in [2.05, 4.69) is 43.3 Å². The van der Waals surface area contributed by atoms with E-state index in [0.29, 0.717) is 0 Å². The van der Waals surface area contributed by atoms with Crippen molar-refractivity contribution in [1.82, 2.24) is 0 Å². The van der Waals surface area contributed by atoms with Crippen molar-refractivity contribution >= 4 is 0 Å². The molecule has 0 saturated carbocycles. The molecule has 0 saturated heterocycles. The highest BCUT2D eigenvalue weighted by Gasteiger charge is 1.94. The minimum atomic E-state index is 1.16. The van der Waals surface area contributed by atoms with Crippen molar-refractivity contribution in [3.8, 4) is 11.1 Å². The first-order valence-corrected chi connectivity index (χ1v) is 4.40. The van der Waals surface area contributed by atoms with Crippen LogP contribution >= 0.6 is 0 Å². The first-order valence-electron chi connectivity index (χ1n) is 4.40. The van der Waals surface area contributed by atoms with Gasteiger partial charge in [-0.25, -0.2) is 0 Å². The van der Waals surface area contributed by atoms with Crippen molar-refractivity contribution in [2.24, 2.45) is 0 Å². The standard InChI is InChI=1S/C13H11/c1-11-7-9-13(10-8-11)12-5-3-2-4-6-12/h2-5,7-10H,1H3. The predicted molar refractivity (Wildman–Crippen MR) is 55.5 cm³/mol. The van der Waals surface area contributed by atoms with Crippen LogP contribution in [0.2, 0.25) is 0 Å². The van der Waals surface area contributed by atoms with Gasteiger partial charge in [0.2, 0.25) is 0 Å². The molecule has 2 aromatic rings. The summed E-state index contributed by atoms with van der Waals surface area (Å²) in [6.45, 7) is 2.10. The molecule has 63 valence electrons. The molecule has 0 nitrogen and oxygen atoms in total. The van der Waals surface area contributed by atoms with Crippen molar-refractivity contribution in [3.63, 3.8) is 0 Å². The summed E-state index contributed by atoms with van der Waals surface area (Å²) >= 11 is 0. The Morgan fingerprint density at radius 2 is 1.69 bits per heavy atom. The molecule has 0 unspecified atom stereocenters. The van der Waals surface area contributed by atoms with Crippen LogP contribution in [-0.2, 0) is 0 Å². The van der Waals surface area contributed by atoms with Gasteiger partial charge in [-0.2, -0.15) is 0 Å². The maximum absolute atomic E-state index is 3.20. The maximum atomic E-state index is 3.20.